The van der Waals surface area contributed by atoms with Crippen molar-refractivity contribution in [3.63, 3.8) is 0 Å². The average Bonchev–Trinajstić information content (AvgIpc) is 3.04. The molecule has 2 aromatic heterocycles. The van der Waals surface area contributed by atoms with E-state index < -0.39 is 6.09 Å². The minimum absolute atomic E-state index is 0.750. The Morgan fingerprint density at radius 2 is 2.10 bits per heavy atom. The molecule has 2 heterocycles. The van der Waals surface area contributed by atoms with Crippen molar-refractivity contribution in [1.82, 2.24) is 20.4 Å². The fourth-order valence-electron chi connectivity index (χ4n) is 0.987. The third-order valence-corrected chi connectivity index (χ3v) is 1.80. The summed E-state index contributed by atoms with van der Waals surface area (Å²) in [5.74, 6) is 5.13. The highest BCUT2D eigenvalue weighted by atomic mass is 16.4. The van der Waals surface area contributed by atoms with Gasteiger partial charge in [-0.15, -0.1) is 0 Å². The number of H-pyrrole nitrogens is 1. The van der Waals surface area contributed by atoms with E-state index in [0.29, 0.717) is 0 Å². The van der Waals surface area contributed by atoms with Crippen LogP contribution in [0.25, 0.3) is 11.5 Å². The first-order chi connectivity index (χ1) is 10.2. The normalized spacial score (nSPS) is 8.86. The van der Waals surface area contributed by atoms with Crippen LogP contribution in [0, 0.1) is 0 Å². The molecule has 8 heteroatoms. The Balaban J connectivity index is 0.000000340. The van der Waals surface area contributed by atoms with Crippen LogP contribution in [0.3, 0.4) is 0 Å². The quantitative estimate of drug-likeness (QED) is 0.217. The molecule has 0 saturated heterocycles. The van der Waals surface area contributed by atoms with Crippen molar-refractivity contribution >= 4 is 12.4 Å². The minimum atomic E-state index is -1.22. The van der Waals surface area contributed by atoms with Crippen LogP contribution in [0.1, 0.15) is 6.92 Å². The van der Waals surface area contributed by atoms with E-state index in [1.165, 1.54) is 11.5 Å². The number of amides is 1. The van der Waals surface area contributed by atoms with Gasteiger partial charge in [0.1, 0.15) is 12.0 Å². The molecule has 21 heavy (non-hydrogen) atoms. The third kappa shape index (κ3) is 9.56. The second-order valence-electron chi connectivity index (χ2n) is 3.26. The number of carboxylic acid groups (broad SMARTS) is 1. The van der Waals surface area contributed by atoms with Crippen molar-refractivity contribution < 1.29 is 14.7 Å². The molecule has 2 aromatic rings. The lowest BCUT2D eigenvalue weighted by atomic mass is 10.3. The number of nitrogens with zero attached hydrogens (tertiary/aromatic N) is 2. The Morgan fingerprint density at radius 1 is 1.38 bits per heavy atom. The van der Waals surface area contributed by atoms with Gasteiger partial charge in [-0.25, -0.2) is 15.6 Å². The van der Waals surface area contributed by atoms with Crippen LogP contribution in [0.5, 0.6) is 0 Å². The summed E-state index contributed by atoms with van der Waals surface area (Å²) in [6.45, 7) is 1.80. The number of hydrogen-bond donors (Lipinski definition) is 4. The number of aromatic amines is 1. The standard InChI is InChI=1S/C8H7N3.C4H6O.CH4N2O2/c1-2-4-9-7(3-1)8-10-5-6-11-8;1-2-3-4-5;2-3-1(4)5/h1-6H,(H,10,11);2-4H,1H3;3H,2H2,(H,4,5). The zero-order chi connectivity index (χ0) is 15.9. The van der Waals surface area contributed by atoms with Gasteiger partial charge in [-0.2, -0.15) is 0 Å². The molecule has 0 saturated carbocycles. The van der Waals surface area contributed by atoms with Crippen LogP contribution in [0.2, 0.25) is 0 Å². The number of pyridine rings is 1. The summed E-state index contributed by atoms with van der Waals surface area (Å²) in [6, 6.07) is 5.73. The van der Waals surface area contributed by atoms with Gasteiger partial charge in [0.2, 0.25) is 0 Å². The summed E-state index contributed by atoms with van der Waals surface area (Å²) in [4.78, 5) is 29.6. The molecular formula is C13H17N5O3. The van der Waals surface area contributed by atoms with Gasteiger partial charge in [0.15, 0.2) is 5.82 Å². The number of allylic oxidation sites excluding steroid dienone is 2. The van der Waals surface area contributed by atoms with Crippen LogP contribution in [-0.2, 0) is 4.79 Å². The number of rotatable bonds is 2. The molecule has 5 N–H and O–H groups in total. The summed E-state index contributed by atoms with van der Waals surface area (Å²) >= 11 is 0. The van der Waals surface area contributed by atoms with Crippen LogP contribution >= 0.6 is 0 Å². The highest BCUT2D eigenvalue weighted by Gasteiger charge is 1.96. The van der Waals surface area contributed by atoms with Gasteiger partial charge >= 0.3 is 6.09 Å². The Morgan fingerprint density at radius 3 is 2.43 bits per heavy atom. The molecule has 0 atom stereocenters. The van der Waals surface area contributed by atoms with Gasteiger partial charge in [-0.05, 0) is 25.1 Å². The second-order valence-corrected chi connectivity index (χ2v) is 3.26. The summed E-state index contributed by atoms with van der Waals surface area (Å²) in [7, 11) is 0. The molecule has 0 unspecified atom stereocenters. The van der Waals surface area contributed by atoms with Gasteiger partial charge in [0.05, 0.1) is 0 Å². The Hall–Kier alpha value is -3.00. The number of nitrogens with two attached hydrogens (primary N) is 1. The van der Waals surface area contributed by atoms with Crippen LogP contribution in [0.4, 0.5) is 4.79 Å². The second kappa shape index (κ2) is 12.1. The average molecular weight is 291 g/mol. The number of aromatic nitrogens is 3. The van der Waals surface area contributed by atoms with Crippen molar-refractivity contribution in [2.24, 2.45) is 5.84 Å². The lowest BCUT2D eigenvalue weighted by Gasteiger charge is -1.91. The molecule has 0 fully saturated rings. The van der Waals surface area contributed by atoms with Crippen molar-refractivity contribution in [3.05, 3.63) is 48.9 Å². The maximum Gasteiger partial charge on any atom is 0.418 e. The predicted octanol–water partition coefficient (Wildman–Crippen LogP) is 1.36. The number of carbonyl (C=O) groups is 2. The van der Waals surface area contributed by atoms with Crippen molar-refractivity contribution in [2.75, 3.05) is 0 Å². The van der Waals surface area contributed by atoms with E-state index in [0.717, 1.165) is 17.8 Å². The summed E-state index contributed by atoms with van der Waals surface area (Å²) in [6.07, 6.45) is 7.91. The Bertz CT molecular complexity index is 526. The largest absolute Gasteiger partial charge is 0.464 e. The molecule has 0 aliphatic heterocycles. The van der Waals surface area contributed by atoms with E-state index in [9.17, 15) is 4.79 Å². The molecule has 0 aliphatic carbocycles. The van der Waals surface area contributed by atoms with E-state index in [4.69, 9.17) is 9.90 Å². The monoisotopic (exact) mass is 291 g/mol. The molecule has 112 valence electrons. The molecule has 0 aromatic carbocycles. The molecule has 1 amide bonds. The van der Waals surface area contributed by atoms with Crippen LogP contribution in [-0.4, -0.2) is 32.4 Å². The summed E-state index contributed by atoms with van der Waals surface area (Å²) in [5, 5.41) is 7.49. The molecular weight excluding hydrogens is 274 g/mol. The summed E-state index contributed by atoms with van der Waals surface area (Å²) < 4.78 is 0. The smallest absolute Gasteiger partial charge is 0.418 e. The predicted molar refractivity (Wildman–Crippen MR) is 78.0 cm³/mol. The number of carbonyl (C=O) groups excluding carboxylic acids is 1. The number of hydrogen-bond acceptors (Lipinski definition) is 5. The Kier molecular flexibility index (Phi) is 10.3. The first-order valence-electron chi connectivity index (χ1n) is 5.82. The maximum absolute atomic E-state index is 9.32. The van der Waals surface area contributed by atoms with Gasteiger partial charge in [0.25, 0.3) is 0 Å². The summed E-state index contributed by atoms with van der Waals surface area (Å²) in [5.41, 5.74) is 2.32. The van der Waals surface area contributed by atoms with Crippen molar-refractivity contribution in [3.8, 4) is 11.5 Å². The first kappa shape index (κ1) is 18.0. The molecule has 8 nitrogen and oxygen atoms in total. The van der Waals surface area contributed by atoms with Crippen LogP contribution in [0.15, 0.2) is 48.9 Å². The topological polar surface area (TPSA) is 134 Å². The van der Waals surface area contributed by atoms with E-state index >= 15 is 0 Å². The SMILES string of the molecule is CC=CC=O.NNC(=O)O.c1ccc(-c2ncc[nH]2)nc1. The first-order valence-corrected chi connectivity index (χ1v) is 5.82. The fraction of sp³-hybridized carbons (Fsp3) is 0.0769. The van der Waals surface area contributed by atoms with Gasteiger partial charge in [-0.3, -0.25) is 15.2 Å². The number of aldehydes is 1. The lowest BCUT2D eigenvalue weighted by Crippen LogP contribution is -2.27. The number of hydrazine groups is 1. The third-order valence-electron chi connectivity index (χ3n) is 1.80. The van der Waals surface area contributed by atoms with Gasteiger partial charge < -0.3 is 10.1 Å². The van der Waals surface area contributed by atoms with E-state index in [1.54, 1.807) is 31.6 Å². The number of nitrogens with one attached hydrogen (secondary N) is 2. The highest BCUT2D eigenvalue weighted by Crippen LogP contribution is 2.08. The molecule has 0 bridgehead atoms. The van der Waals surface area contributed by atoms with Crippen LogP contribution < -0.4 is 11.3 Å². The zero-order valence-electron chi connectivity index (χ0n) is 11.4. The lowest BCUT2D eigenvalue weighted by molar-refractivity contribution is -0.104. The molecule has 0 radical (unpaired) electrons. The molecule has 2 rings (SSSR count). The van der Waals surface area contributed by atoms with E-state index in [-0.39, 0.29) is 0 Å². The zero-order valence-corrected chi connectivity index (χ0v) is 11.4. The Labute approximate surface area is 121 Å². The van der Waals surface area contributed by atoms with Gasteiger partial charge in [0, 0.05) is 18.6 Å². The van der Waals surface area contributed by atoms with E-state index in [1.807, 2.05) is 18.2 Å². The molecule has 0 aliphatic rings. The molecule has 0 spiro atoms. The van der Waals surface area contributed by atoms with Gasteiger partial charge in [-0.1, -0.05) is 12.1 Å². The fourth-order valence-corrected chi connectivity index (χ4v) is 0.987. The van der Waals surface area contributed by atoms with Crippen molar-refractivity contribution in [2.45, 2.75) is 6.92 Å². The van der Waals surface area contributed by atoms with Crippen molar-refractivity contribution in [1.29, 1.82) is 0 Å². The maximum atomic E-state index is 9.32. The van der Waals surface area contributed by atoms with E-state index in [2.05, 4.69) is 20.8 Å². The highest BCUT2D eigenvalue weighted by molar-refractivity contribution is 5.64. The number of imidazole rings is 1. The minimum Gasteiger partial charge on any atom is -0.464 e.